The first-order valence-electron chi connectivity index (χ1n) is 6.53. The summed E-state index contributed by atoms with van der Waals surface area (Å²) >= 11 is 0. The van der Waals surface area contributed by atoms with Crippen LogP contribution in [0.5, 0.6) is 0 Å². The van der Waals surface area contributed by atoms with Gasteiger partial charge in [-0.25, -0.2) is 4.79 Å². The molecule has 104 valence electrons. The number of hydrogen-bond donors (Lipinski definition) is 0. The highest BCUT2D eigenvalue weighted by Crippen LogP contribution is 2.14. The summed E-state index contributed by atoms with van der Waals surface area (Å²) < 4.78 is 9.89. The van der Waals surface area contributed by atoms with E-state index in [1.165, 1.54) is 24.1 Å². The Balaban J connectivity index is 3.73. The van der Waals surface area contributed by atoms with Crippen LogP contribution in [0.4, 0.5) is 4.79 Å². The molecule has 0 aliphatic heterocycles. The molecule has 5 heteroatoms. The van der Waals surface area contributed by atoms with Gasteiger partial charge < -0.3 is 9.47 Å². The third-order valence-electron chi connectivity index (χ3n) is 2.41. The third kappa shape index (κ3) is 10.6. The standard InChI is InChI=1S/C13H26O3Si2/c1-6-15-13(14)16-11-18(4,5)9-7-8-17-10-12(2)3/h10H,6-9,11H2,1-5H3. The number of ether oxygens (including phenoxy) is 2. The number of carbonyl (C=O) groups excluding carboxylic acids is 1. The van der Waals surface area contributed by atoms with Gasteiger partial charge in [0, 0.05) is 0 Å². The molecule has 0 heterocycles. The predicted octanol–water partition coefficient (Wildman–Crippen LogP) is 3.84. The molecule has 0 aromatic carbocycles. The van der Waals surface area contributed by atoms with Crippen molar-refractivity contribution in [3.8, 4) is 0 Å². The zero-order chi connectivity index (χ0) is 14.0. The van der Waals surface area contributed by atoms with Crippen LogP contribution in [-0.2, 0) is 9.47 Å². The number of carbonyl (C=O) groups is 1. The maximum Gasteiger partial charge on any atom is 0.507 e. The Morgan fingerprint density at radius 3 is 2.50 bits per heavy atom. The van der Waals surface area contributed by atoms with E-state index in [4.69, 9.17) is 9.47 Å². The molecule has 0 saturated carbocycles. The van der Waals surface area contributed by atoms with Crippen LogP contribution in [0, 0.1) is 0 Å². The zero-order valence-electron chi connectivity index (χ0n) is 12.3. The van der Waals surface area contributed by atoms with Gasteiger partial charge in [-0.15, -0.1) is 5.70 Å². The van der Waals surface area contributed by atoms with Crippen molar-refractivity contribution in [1.29, 1.82) is 0 Å². The molecular formula is C13H26O3Si2. The molecule has 0 spiro atoms. The number of allylic oxidation sites excluding steroid dienone is 1. The van der Waals surface area contributed by atoms with Crippen LogP contribution < -0.4 is 0 Å². The van der Waals surface area contributed by atoms with Crippen LogP contribution in [-0.4, -0.2) is 36.6 Å². The molecular weight excluding hydrogens is 260 g/mol. The number of rotatable bonds is 8. The van der Waals surface area contributed by atoms with E-state index >= 15 is 0 Å². The lowest BCUT2D eigenvalue weighted by Gasteiger charge is -2.21. The van der Waals surface area contributed by atoms with Crippen LogP contribution in [0.25, 0.3) is 0 Å². The fraction of sp³-hybridized carbons (Fsp3) is 0.769. The van der Waals surface area contributed by atoms with Crippen LogP contribution >= 0.6 is 0 Å². The summed E-state index contributed by atoms with van der Waals surface area (Å²) in [6.45, 7) is 11.0. The van der Waals surface area contributed by atoms with Crippen LogP contribution in [0.3, 0.4) is 0 Å². The van der Waals surface area contributed by atoms with Gasteiger partial charge in [-0.1, -0.05) is 37.2 Å². The van der Waals surface area contributed by atoms with Crippen molar-refractivity contribution in [2.45, 2.75) is 52.4 Å². The maximum absolute atomic E-state index is 11.1. The van der Waals surface area contributed by atoms with Gasteiger partial charge in [0.2, 0.25) is 0 Å². The van der Waals surface area contributed by atoms with Gasteiger partial charge in [0.1, 0.15) is 0 Å². The van der Waals surface area contributed by atoms with Gasteiger partial charge in [0.25, 0.3) is 0 Å². The molecule has 0 saturated heterocycles. The first-order chi connectivity index (χ1) is 8.37. The van der Waals surface area contributed by atoms with E-state index < -0.39 is 14.2 Å². The zero-order valence-corrected chi connectivity index (χ0v) is 14.3. The minimum absolute atomic E-state index is 0.380. The van der Waals surface area contributed by atoms with E-state index in [9.17, 15) is 4.79 Å². The molecule has 0 fully saturated rings. The molecule has 0 aliphatic rings. The summed E-state index contributed by atoms with van der Waals surface area (Å²) in [6, 6.07) is 2.46. The van der Waals surface area contributed by atoms with Crippen molar-refractivity contribution in [1.82, 2.24) is 0 Å². The molecule has 0 amide bonds. The lowest BCUT2D eigenvalue weighted by Crippen LogP contribution is -2.34. The van der Waals surface area contributed by atoms with Gasteiger partial charge in [0.15, 0.2) is 0 Å². The Bertz CT molecular complexity index is 271. The minimum Gasteiger partial charge on any atom is -0.438 e. The second-order valence-electron chi connectivity index (χ2n) is 5.42. The van der Waals surface area contributed by atoms with Crippen LogP contribution in [0.15, 0.2) is 11.3 Å². The maximum atomic E-state index is 11.1. The molecule has 18 heavy (non-hydrogen) atoms. The monoisotopic (exact) mass is 286 g/mol. The van der Waals surface area contributed by atoms with Gasteiger partial charge in [-0.05, 0) is 20.8 Å². The van der Waals surface area contributed by atoms with E-state index in [-0.39, 0.29) is 0 Å². The molecule has 3 nitrogen and oxygen atoms in total. The van der Waals surface area contributed by atoms with Crippen LogP contribution in [0.1, 0.15) is 27.2 Å². The molecule has 0 bridgehead atoms. The Labute approximate surface area is 115 Å². The highest BCUT2D eigenvalue weighted by Gasteiger charge is 2.22. The fourth-order valence-corrected chi connectivity index (χ4v) is 4.51. The lowest BCUT2D eigenvalue weighted by molar-refractivity contribution is 0.0701. The summed E-state index contributed by atoms with van der Waals surface area (Å²) in [4.78, 5) is 11.1. The van der Waals surface area contributed by atoms with Gasteiger partial charge >= 0.3 is 6.16 Å². The second kappa shape index (κ2) is 9.38. The quantitative estimate of drug-likeness (QED) is 0.386. The molecule has 0 aromatic heterocycles. The van der Waals surface area contributed by atoms with Gasteiger partial charge in [0.05, 0.1) is 30.4 Å². The largest absolute Gasteiger partial charge is 0.507 e. The Hall–Kier alpha value is -0.556. The molecule has 0 unspecified atom stereocenters. The van der Waals surface area contributed by atoms with Crippen molar-refractivity contribution in [2.24, 2.45) is 0 Å². The van der Waals surface area contributed by atoms with Crippen molar-refractivity contribution >= 4 is 23.7 Å². The first kappa shape index (κ1) is 17.4. The normalized spacial score (nSPS) is 10.9. The summed E-state index contributed by atoms with van der Waals surface area (Å²) in [5.74, 6) is 0. The van der Waals surface area contributed by atoms with E-state index in [1.54, 1.807) is 6.92 Å². The average molecular weight is 287 g/mol. The first-order valence-corrected chi connectivity index (χ1v) is 11.2. The van der Waals surface area contributed by atoms with E-state index in [0.29, 0.717) is 12.8 Å². The van der Waals surface area contributed by atoms with Crippen molar-refractivity contribution in [3.05, 3.63) is 11.3 Å². The number of hydrogen-bond acceptors (Lipinski definition) is 3. The molecule has 0 rings (SSSR count). The van der Waals surface area contributed by atoms with Gasteiger partial charge in [-0.2, -0.15) is 0 Å². The fourth-order valence-electron chi connectivity index (χ4n) is 1.43. The molecule has 2 radical (unpaired) electrons. The Morgan fingerprint density at radius 1 is 1.28 bits per heavy atom. The summed E-state index contributed by atoms with van der Waals surface area (Å²) in [5, 5.41) is 0. The summed E-state index contributed by atoms with van der Waals surface area (Å²) in [5.41, 5.74) is 3.71. The second-order valence-corrected chi connectivity index (χ2v) is 11.7. The topological polar surface area (TPSA) is 35.5 Å². The summed E-state index contributed by atoms with van der Waals surface area (Å²) in [6.07, 6.45) is 1.27. The van der Waals surface area contributed by atoms with E-state index in [2.05, 4.69) is 32.6 Å². The highest BCUT2D eigenvalue weighted by molar-refractivity contribution is 6.77. The van der Waals surface area contributed by atoms with Crippen molar-refractivity contribution < 1.29 is 14.3 Å². The molecule has 0 aliphatic carbocycles. The van der Waals surface area contributed by atoms with E-state index in [1.807, 2.05) is 0 Å². The predicted molar refractivity (Wildman–Crippen MR) is 79.9 cm³/mol. The lowest BCUT2D eigenvalue weighted by atomic mass is 10.4. The average Bonchev–Trinajstić information content (AvgIpc) is 2.26. The summed E-state index contributed by atoms with van der Waals surface area (Å²) in [7, 11) is -0.488. The van der Waals surface area contributed by atoms with E-state index in [0.717, 1.165) is 9.52 Å². The highest BCUT2D eigenvalue weighted by atomic mass is 28.3. The Kier molecular flexibility index (Phi) is 9.09. The third-order valence-corrected chi connectivity index (χ3v) is 6.46. The molecule has 0 N–H and O–H groups in total. The minimum atomic E-state index is -1.41. The smallest absolute Gasteiger partial charge is 0.438 e. The van der Waals surface area contributed by atoms with Crippen molar-refractivity contribution in [2.75, 3.05) is 12.8 Å². The molecule has 0 atom stereocenters. The van der Waals surface area contributed by atoms with Crippen LogP contribution in [0.2, 0.25) is 25.2 Å². The van der Waals surface area contributed by atoms with Crippen molar-refractivity contribution in [3.63, 3.8) is 0 Å². The van der Waals surface area contributed by atoms with Gasteiger partial charge in [-0.3, -0.25) is 0 Å². The molecule has 0 aromatic rings. The SMILES string of the molecule is CCOC(=O)OC[Si](C)(C)CCC[Si]C=C(C)C. The Morgan fingerprint density at radius 2 is 1.94 bits per heavy atom.